The zero-order chi connectivity index (χ0) is 10.3. The fourth-order valence-corrected chi connectivity index (χ4v) is 2.82. The molecule has 2 aliphatic carbocycles. The van der Waals surface area contributed by atoms with Crippen LogP contribution in [0.3, 0.4) is 0 Å². The van der Waals surface area contributed by atoms with Gasteiger partial charge in [-0.3, -0.25) is 4.79 Å². The van der Waals surface area contributed by atoms with Gasteiger partial charge in [0.2, 0.25) is 5.60 Å². The molecule has 0 heterocycles. The van der Waals surface area contributed by atoms with Crippen LogP contribution in [0.4, 0.5) is 0 Å². The molecule has 0 aliphatic heterocycles. The Hall–Kier alpha value is -1.06. The third-order valence-electron chi connectivity index (χ3n) is 3.41. The molecule has 0 aromatic carbocycles. The van der Waals surface area contributed by atoms with Gasteiger partial charge in [-0.25, -0.2) is 4.79 Å². The summed E-state index contributed by atoms with van der Waals surface area (Å²) in [5, 5.41) is 9.11. The van der Waals surface area contributed by atoms with E-state index in [1.807, 2.05) is 0 Å². The molecule has 2 fully saturated rings. The van der Waals surface area contributed by atoms with Gasteiger partial charge < -0.3 is 9.84 Å². The predicted octanol–water partition coefficient (Wildman–Crippen LogP) is 1.19. The van der Waals surface area contributed by atoms with Gasteiger partial charge in [-0.05, 0) is 12.8 Å². The van der Waals surface area contributed by atoms with E-state index in [2.05, 4.69) is 0 Å². The normalized spacial score (nSPS) is 39.8. The van der Waals surface area contributed by atoms with E-state index in [0.29, 0.717) is 0 Å². The van der Waals surface area contributed by atoms with E-state index in [-0.39, 0.29) is 11.8 Å². The van der Waals surface area contributed by atoms with Gasteiger partial charge in [-0.1, -0.05) is 12.8 Å². The second-order valence-electron chi connectivity index (χ2n) is 4.19. The summed E-state index contributed by atoms with van der Waals surface area (Å²) in [6, 6.07) is 0. The fourth-order valence-electron chi connectivity index (χ4n) is 2.82. The summed E-state index contributed by atoms with van der Waals surface area (Å²) in [6.07, 6.45) is 3.86. The van der Waals surface area contributed by atoms with Gasteiger partial charge in [-0.15, -0.1) is 0 Å². The first kappa shape index (κ1) is 9.49. The predicted molar refractivity (Wildman–Crippen MR) is 47.6 cm³/mol. The smallest absolute Gasteiger partial charge is 0.348 e. The highest BCUT2D eigenvalue weighted by Crippen LogP contribution is 2.61. The number of carbonyl (C=O) groups excluding carboxylic acids is 1. The fraction of sp³-hybridized carbons (Fsp3) is 0.800. The molecular weight excluding hydrogens is 184 g/mol. The van der Waals surface area contributed by atoms with E-state index >= 15 is 0 Å². The summed E-state index contributed by atoms with van der Waals surface area (Å²) < 4.78 is 5.02. The third kappa shape index (κ3) is 1.13. The highest BCUT2D eigenvalue weighted by atomic mass is 16.6. The number of carboxylic acid groups (broad SMARTS) is 1. The standard InChI is InChI=1S/C10H14O4/c1-6(11)14-10(9(12)13)7-4-2-3-5-8(7)10/h7-8H,2-5H2,1H3,(H,12,13)/t7-,8+,10?. The molecular formula is C10H14O4. The average Bonchev–Trinajstić information content (AvgIpc) is 2.75. The van der Waals surface area contributed by atoms with E-state index in [0.717, 1.165) is 25.7 Å². The summed E-state index contributed by atoms with van der Waals surface area (Å²) >= 11 is 0. The Bertz CT molecular complexity index is 272. The van der Waals surface area contributed by atoms with Crippen molar-refractivity contribution in [3.8, 4) is 0 Å². The van der Waals surface area contributed by atoms with Gasteiger partial charge >= 0.3 is 11.9 Å². The summed E-state index contributed by atoms with van der Waals surface area (Å²) in [5.74, 6) is -1.32. The molecule has 1 N–H and O–H groups in total. The van der Waals surface area contributed by atoms with Crippen LogP contribution < -0.4 is 0 Å². The summed E-state index contributed by atoms with van der Waals surface area (Å²) in [5.41, 5.74) is -1.16. The van der Waals surface area contributed by atoms with E-state index in [4.69, 9.17) is 9.84 Å². The molecule has 0 aromatic heterocycles. The lowest BCUT2D eigenvalue weighted by Crippen LogP contribution is -2.32. The van der Waals surface area contributed by atoms with E-state index in [1.54, 1.807) is 0 Å². The lowest BCUT2D eigenvalue weighted by Gasteiger charge is -2.12. The van der Waals surface area contributed by atoms with Crippen molar-refractivity contribution in [3.05, 3.63) is 0 Å². The first-order valence-electron chi connectivity index (χ1n) is 5.02. The number of fused-ring (bicyclic) bond motifs is 1. The minimum absolute atomic E-state index is 0.0673. The Kier molecular flexibility index (Phi) is 2.01. The molecule has 0 amide bonds. The zero-order valence-electron chi connectivity index (χ0n) is 8.16. The van der Waals surface area contributed by atoms with Crippen molar-refractivity contribution < 1.29 is 19.4 Å². The van der Waals surface area contributed by atoms with Gasteiger partial charge in [-0.2, -0.15) is 0 Å². The van der Waals surface area contributed by atoms with Crippen molar-refractivity contribution in [2.45, 2.75) is 38.2 Å². The Balaban J connectivity index is 2.17. The van der Waals surface area contributed by atoms with Crippen LogP contribution in [0.15, 0.2) is 0 Å². The molecule has 2 saturated carbocycles. The van der Waals surface area contributed by atoms with Crippen LogP contribution in [-0.4, -0.2) is 22.6 Å². The molecule has 78 valence electrons. The Morgan fingerprint density at radius 3 is 2.14 bits per heavy atom. The van der Waals surface area contributed by atoms with Gasteiger partial charge in [0.05, 0.1) is 0 Å². The molecule has 4 heteroatoms. The quantitative estimate of drug-likeness (QED) is 0.677. The van der Waals surface area contributed by atoms with Crippen LogP contribution in [0, 0.1) is 11.8 Å². The third-order valence-corrected chi connectivity index (χ3v) is 3.41. The number of aliphatic carboxylic acids is 1. The maximum absolute atomic E-state index is 11.1. The maximum Gasteiger partial charge on any atom is 0.348 e. The van der Waals surface area contributed by atoms with Crippen molar-refractivity contribution in [1.29, 1.82) is 0 Å². The number of ether oxygens (including phenoxy) is 1. The number of rotatable bonds is 2. The number of hydrogen-bond donors (Lipinski definition) is 1. The van der Waals surface area contributed by atoms with Crippen LogP contribution in [0.1, 0.15) is 32.6 Å². The molecule has 4 nitrogen and oxygen atoms in total. The number of carboxylic acids is 1. The molecule has 3 atom stereocenters. The van der Waals surface area contributed by atoms with Crippen molar-refractivity contribution in [2.75, 3.05) is 0 Å². The van der Waals surface area contributed by atoms with Crippen molar-refractivity contribution >= 4 is 11.9 Å². The highest BCUT2D eigenvalue weighted by molar-refractivity contribution is 5.86. The minimum Gasteiger partial charge on any atom is -0.478 e. The van der Waals surface area contributed by atoms with Gasteiger partial charge in [0.1, 0.15) is 0 Å². The van der Waals surface area contributed by atoms with Crippen LogP contribution in [0.5, 0.6) is 0 Å². The molecule has 2 aliphatic rings. The lowest BCUT2D eigenvalue weighted by atomic mass is 10.0. The molecule has 0 aromatic rings. The lowest BCUT2D eigenvalue weighted by molar-refractivity contribution is -0.168. The van der Waals surface area contributed by atoms with Crippen LogP contribution >= 0.6 is 0 Å². The topological polar surface area (TPSA) is 63.6 Å². The number of hydrogen-bond acceptors (Lipinski definition) is 3. The molecule has 0 bridgehead atoms. The number of carbonyl (C=O) groups is 2. The van der Waals surface area contributed by atoms with Crippen molar-refractivity contribution in [2.24, 2.45) is 11.8 Å². The monoisotopic (exact) mass is 198 g/mol. The second-order valence-corrected chi connectivity index (χ2v) is 4.19. The number of esters is 1. The largest absolute Gasteiger partial charge is 0.478 e. The van der Waals surface area contributed by atoms with E-state index < -0.39 is 17.5 Å². The zero-order valence-corrected chi connectivity index (χ0v) is 8.16. The maximum atomic E-state index is 11.1. The average molecular weight is 198 g/mol. The minimum atomic E-state index is -1.16. The Morgan fingerprint density at radius 2 is 1.79 bits per heavy atom. The van der Waals surface area contributed by atoms with Gasteiger partial charge in [0.25, 0.3) is 0 Å². The molecule has 1 unspecified atom stereocenters. The molecule has 0 spiro atoms. The van der Waals surface area contributed by atoms with Crippen LogP contribution in [-0.2, 0) is 14.3 Å². The first-order valence-corrected chi connectivity index (χ1v) is 5.02. The van der Waals surface area contributed by atoms with Crippen LogP contribution in [0.2, 0.25) is 0 Å². The summed E-state index contributed by atoms with van der Waals surface area (Å²) in [4.78, 5) is 22.0. The SMILES string of the molecule is CC(=O)OC1(C(=O)O)[C@@H]2CCCC[C@@H]21. The van der Waals surface area contributed by atoms with E-state index in [1.165, 1.54) is 6.92 Å². The molecule has 0 saturated heterocycles. The van der Waals surface area contributed by atoms with Crippen molar-refractivity contribution in [3.63, 3.8) is 0 Å². The van der Waals surface area contributed by atoms with Gasteiger partial charge in [0, 0.05) is 18.8 Å². The summed E-state index contributed by atoms with van der Waals surface area (Å²) in [7, 11) is 0. The Morgan fingerprint density at radius 1 is 1.29 bits per heavy atom. The Labute approximate surface area is 82.2 Å². The van der Waals surface area contributed by atoms with E-state index in [9.17, 15) is 9.59 Å². The molecule has 2 rings (SSSR count). The van der Waals surface area contributed by atoms with Crippen molar-refractivity contribution in [1.82, 2.24) is 0 Å². The molecule has 0 radical (unpaired) electrons. The molecule has 14 heavy (non-hydrogen) atoms. The van der Waals surface area contributed by atoms with Crippen LogP contribution in [0.25, 0.3) is 0 Å². The second kappa shape index (κ2) is 2.97. The first-order chi connectivity index (χ1) is 6.59. The highest BCUT2D eigenvalue weighted by Gasteiger charge is 2.73. The summed E-state index contributed by atoms with van der Waals surface area (Å²) in [6.45, 7) is 1.27. The van der Waals surface area contributed by atoms with Gasteiger partial charge in [0.15, 0.2) is 0 Å².